The van der Waals surface area contributed by atoms with Crippen molar-refractivity contribution in [2.45, 2.75) is 13.5 Å². The van der Waals surface area contributed by atoms with Crippen LogP contribution >= 0.6 is 15.9 Å². The van der Waals surface area contributed by atoms with Crippen molar-refractivity contribution < 1.29 is 23.1 Å². The number of nitrogens with zero attached hydrogens (tertiary/aromatic N) is 3. The van der Waals surface area contributed by atoms with Crippen molar-refractivity contribution in [2.24, 2.45) is 0 Å². The van der Waals surface area contributed by atoms with Crippen molar-refractivity contribution in [2.75, 3.05) is 26.2 Å². The van der Waals surface area contributed by atoms with E-state index >= 15 is 0 Å². The van der Waals surface area contributed by atoms with Crippen molar-refractivity contribution in [3.63, 3.8) is 0 Å². The Morgan fingerprint density at radius 2 is 1.82 bits per heavy atom. The molecular formula is C31H26BrF2N3O3. The molecule has 0 unspecified atom stereocenters. The average molecular weight is 606 g/mol. The van der Waals surface area contributed by atoms with Gasteiger partial charge < -0.3 is 14.5 Å². The Kier molecular flexibility index (Phi) is 8.21. The second-order valence-corrected chi connectivity index (χ2v) is 10.3. The largest absolute Gasteiger partial charge is 0.494 e. The van der Waals surface area contributed by atoms with Crippen molar-refractivity contribution in [1.29, 1.82) is 0 Å². The lowest BCUT2D eigenvalue weighted by Crippen LogP contribution is -2.51. The van der Waals surface area contributed by atoms with Crippen LogP contribution in [0.2, 0.25) is 0 Å². The van der Waals surface area contributed by atoms with Gasteiger partial charge in [-0.15, -0.1) is 0 Å². The zero-order valence-corrected chi connectivity index (χ0v) is 23.3. The summed E-state index contributed by atoms with van der Waals surface area (Å²) in [5.74, 6) is -1.18. The summed E-state index contributed by atoms with van der Waals surface area (Å²) < 4.78 is 33.7. The van der Waals surface area contributed by atoms with E-state index in [1.807, 2.05) is 61.5 Å². The van der Waals surface area contributed by atoms with E-state index in [1.54, 1.807) is 6.07 Å². The molecule has 204 valence electrons. The van der Waals surface area contributed by atoms with Gasteiger partial charge in [-0.1, -0.05) is 40.2 Å². The van der Waals surface area contributed by atoms with E-state index in [0.29, 0.717) is 28.8 Å². The lowest BCUT2D eigenvalue weighted by atomic mass is 10.0. The lowest BCUT2D eigenvalue weighted by molar-refractivity contribution is -0.135. The van der Waals surface area contributed by atoms with E-state index in [1.165, 1.54) is 15.9 Å². The fourth-order valence-electron chi connectivity index (χ4n) is 4.58. The molecule has 1 aliphatic rings. The number of halogens is 3. The van der Waals surface area contributed by atoms with Gasteiger partial charge in [0.25, 0.3) is 5.91 Å². The number of carbonyl (C=O) groups is 2. The first-order valence-electron chi connectivity index (χ1n) is 12.8. The van der Waals surface area contributed by atoms with E-state index in [4.69, 9.17) is 9.72 Å². The second kappa shape index (κ2) is 12.0. The maximum Gasteiger partial charge on any atom is 0.255 e. The molecule has 1 fully saturated rings. The topological polar surface area (TPSA) is 62.7 Å². The molecule has 1 aromatic heterocycles. The van der Waals surface area contributed by atoms with Gasteiger partial charge in [0.2, 0.25) is 5.91 Å². The zero-order chi connectivity index (χ0) is 28.2. The van der Waals surface area contributed by atoms with Crippen LogP contribution in [-0.2, 0) is 11.3 Å². The monoisotopic (exact) mass is 605 g/mol. The first-order valence-corrected chi connectivity index (χ1v) is 13.6. The van der Waals surface area contributed by atoms with Crippen LogP contribution in [0.1, 0.15) is 34.1 Å². The Balaban J connectivity index is 1.37. The molecule has 3 aromatic carbocycles. The minimum absolute atomic E-state index is 0.0125. The van der Waals surface area contributed by atoms with Gasteiger partial charge in [0.1, 0.15) is 23.9 Å². The molecule has 2 heterocycles. The normalized spacial score (nSPS) is 13.8. The van der Waals surface area contributed by atoms with E-state index in [0.717, 1.165) is 27.9 Å². The van der Waals surface area contributed by atoms with Crippen LogP contribution in [0.15, 0.2) is 71.2 Å². The first-order chi connectivity index (χ1) is 19.3. The highest BCUT2D eigenvalue weighted by Crippen LogP contribution is 2.26. The summed E-state index contributed by atoms with van der Waals surface area (Å²) in [7, 11) is 0. The standard InChI is InChI=1S/C31H26BrF2N3O3/c1-2-40-25-10-4-20(5-11-25)3-9-24-17-27(26-15-22(32)7-12-29(26)35-24)31(39)37-14-13-36(30(38)19-37)18-21-6-8-23(33)16-28(21)34/h3-12,15-17H,2,13-14,18-19H2,1H3/b9-3+. The van der Waals surface area contributed by atoms with Crippen LogP contribution < -0.4 is 4.74 Å². The molecule has 40 heavy (non-hydrogen) atoms. The highest BCUT2D eigenvalue weighted by molar-refractivity contribution is 9.10. The van der Waals surface area contributed by atoms with Gasteiger partial charge in [-0.2, -0.15) is 0 Å². The minimum Gasteiger partial charge on any atom is -0.494 e. The van der Waals surface area contributed by atoms with Crippen molar-refractivity contribution in [3.8, 4) is 5.75 Å². The predicted molar refractivity (Wildman–Crippen MR) is 154 cm³/mol. The number of ether oxygens (including phenoxy) is 1. The van der Waals surface area contributed by atoms with Crippen LogP contribution in [-0.4, -0.2) is 52.8 Å². The Hall–Kier alpha value is -4.11. The molecule has 0 radical (unpaired) electrons. The third kappa shape index (κ3) is 6.20. The quantitative estimate of drug-likeness (QED) is 0.247. The fourth-order valence-corrected chi connectivity index (χ4v) is 4.94. The SMILES string of the molecule is CCOc1ccc(/C=C/c2cc(C(=O)N3CCN(Cc4ccc(F)cc4F)C(=O)C3)c3cc(Br)ccc3n2)cc1. The summed E-state index contributed by atoms with van der Waals surface area (Å²) in [4.78, 5) is 34.3. The molecule has 0 atom stereocenters. The molecule has 0 saturated carbocycles. The van der Waals surface area contributed by atoms with Crippen molar-refractivity contribution >= 4 is 50.8 Å². The summed E-state index contributed by atoms with van der Waals surface area (Å²) in [5.41, 5.74) is 2.86. The highest BCUT2D eigenvalue weighted by atomic mass is 79.9. The number of hydrogen-bond donors (Lipinski definition) is 0. The molecule has 2 amide bonds. The predicted octanol–water partition coefficient (Wildman–Crippen LogP) is 6.33. The molecule has 4 aromatic rings. The average Bonchev–Trinajstić information content (AvgIpc) is 2.94. The molecule has 1 aliphatic heterocycles. The van der Waals surface area contributed by atoms with Crippen LogP contribution in [0.4, 0.5) is 8.78 Å². The van der Waals surface area contributed by atoms with Crippen LogP contribution in [0.5, 0.6) is 5.75 Å². The number of carbonyl (C=O) groups excluding carboxylic acids is 2. The minimum atomic E-state index is -0.703. The van der Waals surface area contributed by atoms with E-state index in [9.17, 15) is 18.4 Å². The summed E-state index contributed by atoms with van der Waals surface area (Å²) in [5, 5.41) is 0.667. The molecule has 0 aliphatic carbocycles. The Morgan fingerprint density at radius 1 is 1.02 bits per heavy atom. The maximum atomic E-state index is 14.1. The van der Waals surface area contributed by atoms with Crippen molar-refractivity contribution in [3.05, 3.63) is 105 Å². The third-order valence-electron chi connectivity index (χ3n) is 6.64. The molecule has 6 nitrogen and oxygen atoms in total. The molecule has 9 heteroatoms. The number of aromatic nitrogens is 1. The van der Waals surface area contributed by atoms with Gasteiger partial charge >= 0.3 is 0 Å². The number of rotatable bonds is 7. The van der Waals surface area contributed by atoms with Gasteiger partial charge in [-0.3, -0.25) is 9.59 Å². The molecule has 5 rings (SSSR count). The number of hydrogen-bond acceptors (Lipinski definition) is 4. The summed E-state index contributed by atoms with van der Waals surface area (Å²) in [6.07, 6.45) is 3.75. The van der Waals surface area contributed by atoms with Gasteiger partial charge in [0, 0.05) is 41.1 Å². The second-order valence-electron chi connectivity index (χ2n) is 9.37. The Bertz CT molecular complexity index is 1610. The van der Waals surface area contributed by atoms with E-state index in [2.05, 4.69) is 15.9 Å². The van der Waals surface area contributed by atoms with Crippen LogP contribution in [0.25, 0.3) is 23.1 Å². The maximum absolute atomic E-state index is 14.1. The van der Waals surface area contributed by atoms with Crippen LogP contribution in [0, 0.1) is 11.6 Å². The molecule has 0 N–H and O–H groups in total. The van der Waals surface area contributed by atoms with E-state index in [-0.39, 0.29) is 43.6 Å². The summed E-state index contributed by atoms with van der Waals surface area (Å²) in [6, 6.07) is 18.2. The Morgan fingerprint density at radius 3 is 2.55 bits per heavy atom. The number of benzene rings is 3. The summed E-state index contributed by atoms with van der Waals surface area (Å²) >= 11 is 3.48. The number of piperazine rings is 1. The smallest absolute Gasteiger partial charge is 0.255 e. The van der Waals surface area contributed by atoms with Crippen LogP contribution in [0.3, 0.4) is 0 Å². The molecular weight excluding hydrogens is 580 g/mol. The number of pyridine rings is 1. The van der Waals surface area contributed by atoms with Gasteiger partial charge in [-0.05, 0) is 61.0 Å². The number of fused-ring (bicyclic) bond motifs is 1. The Labute approximate surface area is 239 Å². The highest BCUT2D eigenvalue weighted by Gasteiger charge is 2.29. The third-order valence-corrected chi connectivity index (χ3v) is 7.13. The fraction of sp³-hybridized carbons (Fsp3) is 0.194. The molecule has 0 spiro atoms. The molecule has 1 saturated heterocycles. The molecule has 0 bridgehead atoms. The van der Waals surface area contributed by atoms with Gasteiger partial charge in [0.05, 0.1) is 23.4 Å². The van der Waals surface area contributed by atoms with Gasteiger partial charge in [-0.25, -0.2) is 13.8 Å². The zero-order valence-electron chi connectivity index (χ0n) is 21.7. The van der Waals surface area contributed by atoms with E-state index < -0.39 is 11.6 Å². The van der Waals surface area contributed by atoms with Gasteiger partial charge in [0.15, 0.2) is 0 Å². The number of amides is 2. The lowest BCUT2D eigenvalue weighted by Gasteiger charge is -2.34. The summed E-state index contributed by atoms with van der Waals surface area (Å²) in [6.45, 7) is 2.91. The van der Waals surface area contributed by atoms with Crippen molar-refractivity contribution in [1.82, 2.24) is 14.8 Å². The first kappa shape index (κ1) is 27.5.